The van der Waals surface area contributed by atoms with Crippen LogP contribution in [0.5, 0.6) is 0 Å². The zero-order chi connectivity index (χ0) is 55.9. The van der Waals surface area contributed by atoms with Crippen LogP contribution in [-0.2, 0) is 28.6 Å². The van der Waals surface area contributed by atoms with Crippen molar-refractivity contribution in [3.05, 3.63) is 48.1 Å². The number of rotatable bonds is 13. The Balaban J connectivity index is 2.44. The summed E-state index contributed by atoms with van der Waals surface area (Å²) >= 11 is 0. The number of aliphatic hydroxyl groups excluding tert-OH is 9. The van der Waals surface area contributed by atoms with Crippen molar-refractivity contribution in [3.8, 4) is 0 Å². The van der Waals surface area contributed by atoms with Gasteiger partial charge < -0.3 is 81.4 Å². The Hall–Kier alpha value is -3.80. The number of unbranched alkanes of at least 4 members (excludes halogenated alkanes) is 2. The number of fused-ring (bicyclic) bond motifs is 2. The van der Waals surface area contributed by atoms with E-state index in [2.05, 4.69) is 28.5 Å². The molecule has 1 fully saturated rings. The minimum Gasteiger partial charge on any atom is -0.481 e. The largest absolute Gasteiger partial charge is 0.481 e. The molecule has 14 N–H and O–H groups in total. The first-order valence-electron chi connectivity index (χ1n) is 26.5. The van der Waals surface area contributed by atoms with E-state index in [0.29, 0.717) is 12.4 Å². The number of carboxylic acid groups (broad SMARTS) is 1. The van der Waals surface area contributed by atoms with Crippen LogP contribution in [0.3, 0.4) is 0 Å². The molecule has 2 rings (SSSR count). The molecule has 0 radical (unpaired) electrons. The number of cyclic esters (lactones) is 1. The highest BCUT2D eigenvalue weighted by atomic mass is 16.7. The Morgan fingerprint density at radius 1 is 0.824 bits per heavy atom. The van der Waals surface area contributed by atoms with Gasteiger partial charge in [-0.2, -0.15) is 0 Å². The SMILES string of the molecule is CN=C(N)NCCC/C=C/CC/C=C(\C)C[C@H](C)[C@@H]1OC(=O)/C=C/[C@@H](C)[C@@H](O)C[C@@H](O)[C@H](C)[C@@H](O)CC[C@H](C)[C@@H](O)C[C@@]2(O)O[C@@H](C[C@@H](OC(=O)CC(=O)O)C[C@@H](O)C[C@H](O)[C@@H](C)[C@H](O)/C=C/[C@@H]1C)C[C@@H](O)[C@@H]2O. The Labute approximate surface area is 438 Å². The molecule has 20 heteroatoms. The van der Waals surface area contributed by atoms with Gasteiger partial charge in [0.05, 0.1) is 54.9 Å². The van der Waals surface area contributed by atoms with E-state index >= 15 is 0 Å². The highest BCUT2D eigenvalue weighted by Gasteiger charge is 2.50. The summed E-state index contributed by atoms with van der Waals surface area (Å²) in [5.74, 6) is -8.95. The average molecular weight is 1060 g/mol. The number of allylic oxidation sites excluding steroid dienone is 4. The summed E-state index contributed by atoms with van der Waals surface area (Å²) < 4.78 is 17.4. The molecule has 2 heterocycles. The van der Waals surface area contributed by atoms with Crippen molar-refractivity contribution in [2.24, 2.45) is 46.2 Å². The van der Waals surface area contributed by atoms with E-state index in [-0.39, 0.29) is 50.9 Å². The molecule has 2 aliphatic heterocycles. The molecule has 0 unspecified atom stereocenters. The first-order chi connectivity index (χ1) is 34.7. The van der Waals surface area contributed by atoms with Crippen molar-refractivity contribution in [1.82, 2.24) is 5.32 Å². The van der Waals surface area contributed by atoms with Crippen molar-refractivity contribution in [2.75, 3.05) is 13.6 Å². The number of esters is 2. The third-order valence-electron chi connectivity index (χ3n) is 14.6. The third-order valence-corrected chi connectivity index (χ3v) is 14.6. The van der Waals surface area contributed by atoms with Gasteiger partial charge in [0, 0.05) is 75.4 Å². The molecule has 0 amide bonds. The summed E-state index contributed by atoms with van der Waals surface area (Å²) in [4.78, 5) is 41.3. The van der Waals surface area contributed by atoms with Gasteiger partial charge in [0.25, 0.3) is 0 Å². The fraction of sp³-hybridized carbons (Fsp3) is 0.778. The topological polar surface area (TPSA) is 352 Å². The molecule has 1 saturated heterocycles. The van der Waals surface area contributed by atoms with E-state index in [1.165, 1.54) is 18.2 Å². The lowest BCUT2D eigenvalue weighted by Crippen LogP contribution is -2.60. The number of carbonyl (C=O) groups excluding carboxylic acids is 2. The summed E-state index contributed by atoms with van der Waals surface area (Å²) in [5.41, 5.74) is 6.75. The molecule has 19 atom stereocenters. The standard InChI is InChI=1S/C54H93N3O17/c1-31(15-13-11-9-10-12-14-22-57-53(55)56-8)23-35(5)51-34(4)17-20-42(60)36(6)44(62)25-38(58)24-39(72-50(69)29-48(66)67)26-40-27-46(64)52(70)54(71,74-40)30-47(65)33(3)16-19-41(59)37(7)45(63)28-43(61)32(2)18-21-49(68)73-51/h9-10,15,17-18,20-21,32-47,51-52,58-65,70-71H,11-14,16,19,22-30H2,1-8H3,(H,66,67)(H3,55,56,57)/b10-9+,20-17+,21-18+,31-15+/t32-,33+,34+,35+,36+,37-,38-,39+,40+,41+,42-,43+,44+,45-,46-,47+,51-,52+,54-/m1/s1. The Bertz CT molecular complexity index is 1830. The number of ether oxygens (including phenoxy) is 3. The summed E-state index contributed by atoms with van der Waals surface area (Å²) in [5, 5.41) is 124. The minimum atomic E-state index is -2.52. The number of carboxylic acids is 1. The summed E-state index contributed by atoms with van der Waals surface area (Å²) in [6.45, 7) is 13.0. The number of aliphatic hydroxyl groups is 10. The Morgan fingerprint density at radius 2 is 1.49 bits per heavy atom. The lowest BCUT2D eigenvalue weighted by molar-refractivity contribution is -0.333. The number of guanidine groups is 1. The van der Waals surface area contributed by atoms with Gasteiger partial charge in [0.1, 0.15) is 24.7 Å². The summed E-state index contributed by atoms with van der Waals surface area (Å²) in [6, 6.07) is 0. The van der Waals surface area contributed by atoms with Gasteiger partial charge in [0.2, 0.25) is 0 Å². The first kappa shape index (κ1) is 66.3. The minimum absolute atomic E-state index is 0.0876. The van der Waals surface area contributed by atoms with Crippen LogP contribution < -0.4 is 11.1 Å². The smallest absolute Gasteiger partial charge is 0.330 e. The van der Waals surface area contributed by atoms with Crippen LogP contribution in [0.1, 0.15) is 138 Å². The van der Waals surface area contributed by atoms with Gasteiger partial charge in [-0.15, -0.1) is 0 Å². The van der Waals surface area contributed by atoms with Gasteiger partial charge in [-0.05, 0) is 70.1 Å². The van der Waals surface area contributed by atoms with Crippen molar-refractivity contribution < 1.29 is 84.8 Å². The number of carbonyl (C=O) groups is 3. The molecular weight excluding hydrogens is 963 g/mol. The fourth-order valence-corrected chi connectivity index (χ4v) is 9.43. The third kappa shape index (κ3) is 24.0. The molecule has 426 valence electrons. The number of hydrogen-bond acceptors (Lipinski definition) is 17. The van der Waals surface area contributed by atoms with Crippen LogP contribution in [0.15, 0.2) is 53.1 Å². The highest BCUT2D eigenvalue weighted by Crippen LogP contribution is 2.36. The van der Waals surface area contributed by atoms with Crippen LogP contribution in [0.4, 0.5) is 0 Å². The predicted molar refractivity (Wildman–Crippen MR) is 278 cm³/mol. The van der Waals surface area contributed by atoms with Gasteiger partial charge in [-0.25, -0.2) is 4.79 Å². The summed E-state index contributed by atoms with van der Waals surface area (Å²) in [6.07, 6.45) is -1.85. The first-order valence-corrected chi connectivity index (χ1v) is 26.5. The Kier molecular flexibility index (Phi) is 29.9. The van der Waals surface area contributed by atoms with E-state index in [4.69, 9.17) is 19.9 Å². The number of hydrogen-bond donors (Lipinski definition) is 13. The molecule has 0 aromatic carbocycles. The number of nitrogens with one attached hydrogen (secondary N) is 1. The predicted octanol–water partition coefficient (Wildman–Crippen LogP) is 2.67. The van der Waals surface area contributed by atoms with E-state index in [0.717, 1.165) is 37.8 Å². The van der Waals surface area contributed by atoms with Gasteiger partial charge >= 0.3 is 17.9 Å². The second kappa shape index (κ2) is 33.4. The highest BCUT2D eigenvalue weighted by molar-refractivity contribution is 5.90. The second-order valence-corrected chi connectivity index (χ2v) is 21.2. The summed E-state index contributed by atoms with van der Waals surface area (Å²) in [7, 11) is 1.63. The number of nitrogens with two attached hydrogens (primary N) is 1. The lowest BCUT2D eigenvalue weighted by Gasteiger charge is -2.45. The van der Waals surface area contributed by atoms with Crippen LogP contribution in [-0.4, -0.2) is 173 Å². The molecule has 0 aromatic rings. The maximum atomic E-state index is 13.5. The molecule has 74 heavy (non-hydrogen) atoms. The number of aliphatic carboxylic acids is 1. The van der Waals surface area contributed by atoms with Crippen molar-refractivity contribution >= 4 is 23.9 Å². The number of aliphatic imine (C=N–C) groups is 1. The van der Waals surface area contributed by atoms with Crippen LogP contribution in [0.25, 0.3) is 0 Å². The van der Waals surface area contributed by atoms with Crippen molar-refractivity contribution in [3.63, 3.8) is 0 Å². The monoisotopic (exact) mass is 1060 g/mol. The molecule has 20 nitrogen and oxygen atoms in total. The maximum Gasteiger partial charge on any atom is 0.330 e. The quantitative estimate of drug-likeness (QED) is 0.0315. The normalized spacial score (nSPS) is 38.0. The van der Waals surface area contributed by atoms with E-state index < -0.39 is 139 Å². The van der Waals surface area contributed by atoms with E-state index in [1.807, 2.05) is 20.8 Å². The van der Waals surface area contributed by atoms with Crippen molar-refractivity contribution in [1.29, 1.82) is 0 Å². The lowest BCUT2D eigenvalue weighted by atomic mass is 9.83. The van der Waals surface area contributed by atoms with Crippen LogP contribution in [0.2, 0.25) is 0 Å². The fourth-order valence-electron chi connectivity index (χ4n) is 9.43. The molecule has 0 aromatic heterocycles. The average Bonchev–Trinajstić information content (AvgIpc) is 3.32. The molecule has 2 aliphatic rings. The van der Waals surface area contributed by atoms with Crippen LogP contribution >= 0.6 is 0 Å². The Morgan fingerprint density at radius 3 is 2.15 bits per heavy atom. The van der Waals surface area contributed by atoms with E-state index in [1.54, 1.807) is 40.8 Å². The van der Waals surface area contributed by atoms with E-state index in [9.17, 15) is 70.6 Å². The molecule has 0 spiro atoms. The molecule has 0 saturated carbocycles. The zero-order valence-electron chi connectivity index (χ0n) is 44.9. The van der Waals surface area contributed by atoms with Gasteiger partial charge in [0.15, 0.2) is 11.7 Å². The zero-order valence-corrected chi connectivity index (χ0v) is 44.9. The number of nitrogens with zero attached hydrogens (tertiary/aromatic N) is 1. The molecule has 2 bridgehead atoms. The van der Waals surface area contributed by atoms with Gasteiger partial charge in [-0.1, -0.05) is 83.6 Å². The van der Waals surface area contributed by atoms with Crippen molar-refractivity contribution in [2.45, 2.75) is 217 Å². The van der Waals surface area contributed by atoms with Crippen LogP contribution in [0, 0.1) is 35.5 Å². The van der Waals surface area contributed by atoms with Gasteiger partial charge in [-0.3, -0.25) is 14.6 Å². The molecule has 0 aliphatic carbocycles. The second-order valence-electron chi connectivity index (χ2n) is 21.2. The maximum absolute atomic E-state index is 13.5. The molecular formula is C54H93N3O17.